The molecule has 3 N–H and O–H groups in total. The van der Waals surface area contributed by atoms with Crippen LogP contribution in [0.5, 0.6) is 0 Å². The SMILES string of the molecule is CC(C)(C)OC(=O)N1CCCC1c1ncc(-c2ccc3c(c2)sc2cc(-c4cnc(C5C6CCC(C6)N5C(=O)O)[nH]4)ccc23)[nH]1. The quantitative estimate of drug-likeness (QED) is 0.185. The number of thiophene rings is 1. The number of nitrogens with one attached hydrogen (secondary N) is 2. The van der Waals surface area contributed by atoms with Crippen molar-refractivity contribution >= 4 is 43.7 Å². The fourth-order valence-electron chi connectivity index (χ4n) is 7.60. The Morgan fingerprint density at radius 3 is 2.22 bits per heavy atom. The average molecular weight is 625 g/mol. The number of carbonyl (C=O) groups is 2. The largest absolute Gasteiger partial charge is 0.465 e. The summed E-state index contributed by atoms with van der Waals surface area (Å²) >= 11 is 1.74. The number of piperidine rings is 1. The van der Waals surface area contributed by atoms with E-state index in [0.717, 1.165) is 66.3 Å². The van der Waals surface area contributed by atoms with Crippen molar-refractivity contribution in [1.29, 1.82) is 0 Å². The molecular weight excluding hydrogens is 588 g/mol. The molecule has 3 fully saturated rings. The summed E-state index contributed by atoms with van der Waals surface area (Å²) in [6.07, 6.45) is 7.21. The first-order valence-corrected chi connectivity index (χ1v) is 16.5. The van der Waals surface area contributed by atoms with Crippen LogP contribution in [-0.2, 0) is 4.74 Å². The summed E-state index contributed by atoms with van der Waals surface area (Å²) in [5.41, 5.74) is 3.35. The predicted octanol–water partition coefficient (Wildman–Crippen LogP) is 8.11. The van der Waals surface area contributed by atoms with Gasteiger partial charge in [-0.1, -0.05) is 24.3 Å². The van der Waals surface area contributed by atoms with Crippen molar-refractivity contribution < 1.29 is 19.4 Å². The highest BCUT2D eigenvalue weighted by Crippen LogP contribution is 2.49. The molecule has 10 nitrogen and oxygen atoms in total. The molecule has 3 aliphatic rings. The number of hydrogen-bond donors (Lipinski definition) is 3. The molecule has 0 spiro atoms. The topological polar surface area (TPSA) is 127 Å². The number of carboxylic acid groups (broad SMARTS) is 1. The number of rotatable bonds is 4. The van der Waals surface area contributed by atoms with Crippen LogP contribution >= 0.6 is 11.3 Å². The van der Waals surface area contributed by atoms with Gasteiger partial charge in [0, 0.05) is 43.9 Å². The van der Waals surface area contributed by atoms with Crippen LogP contribution in [0.3, 0.4) is 0 Å². The number of imidazole rings is 2. The fourth-order valence-corrected chi connectivity index (χ4v) is 8.79. The third kappa shape index (κ3) is 4.84. The average Bonchev–Trinajstić information content (AvgIpc) is 3.83. The van der Waals surface area contributed by atoms with E-state index in [9.17, 15) is 14.7 Å². The summed E-state index contributed by atoms with van der Waals surface area (Å²) < 4.78 is 7.99. The van der Waals surface area contributed by atoms with E-state index < -0.39 is 11.7 Å². The molecule has 4 atom stereocenters. The van der Waals surface area contributed by atoms with E-state index in [1.165, 1.54) is 20.2 Å². The number of nitrogens with zero attached hydrogens (tertiary/aromatic N) is 4. The molecule has 2 bridgehead atoms. The summed E-state index contributed by atoms with van der Waals surface area (Å²) in [5.74, 6) is 1.86. The third-order valence-electron chi connectivity index (χ3n) is 9.57. The van der Waals surface area contributed by atoms with Crippen LogP contribution in [-0.4, -0.2) is 65.2 Å². The zero-order chi connectivity index (χ0) is 31.0. The van der Waals surface area contributed by atoms with E-state index in [-0.39, 0.29) is 24.2 Å². The smallest absolute Gasteiger partial charge is 0.410 e. The molecule has 8 rings (SSSR count). The molecule has 2 saturated heterocycles. The van der Waals surface area contributed by atoms with Crippen molar-refractivity contribution in [2.24, 2.45) is 5.92 Å². The highest BCUT2D eigenvalue weighted by molar-refractivity contribution is 7.25. The maximum atomic E-state index is 12.8. The highest BCUT2D eigenvalue weighted by atomic mass is 32.1. The van der Waals surface area contributed by atoms with Gasteiger partial charge in [0.25, 0.3) is 0 Å². The van der Waals surface area contributed by atoms with Gasteiger partial charge in [-0.05, 0) is 70.9 Å². The van der Waals surface area contributed by atoms with Gasteiger partial charge in [-0.3, -0.25) is 9.80 Å². The molecule has 4 unspecified atom stereocenters. The maximum Gasteiger partial charge on any atom is 0.410 e. The molecule has 2 aromatic carbocycles. The number of benzene rings is 2. The molecule has 3 aromatic heterocycles. The van der Waals surface area contributed by atoms with E-state index in [2.05, 4.69) is 56.3 Å². The van der Waals surface area contributed by atoms with Crippen LogP contribution in [0, 0.1) is 5.92 Å². The Morgan fingerprint density at radius 2 is 1.58 bits per heavy atom. The molecule has 5 heterocycles. The molecule has 45 heavy (non-hydrogen) atoms. The second-order valence-electron chi connectivity index (χ2n) is 13.6. The molecule has 232 valence electrons. The van der Waals surface area contributed by atoms with Crippen LogP contribution in [0.15, 0.2) is 48.8 Å². The number of H-pyrrole nitrogens is 2. The molecule has 2 amide bonds. The number of carbonyl (C=O) groups excluding carboxylic acids is 1. The Kier molecular flexibility index (Phi) is 6.46. The Hall–Kier alpha value is -4.38. The van der Waals surface area contributed by atoms with Gasteiger partial charge in [0.1, 0.15) is 17.2 Å². The number of fused-ring (bicyclic) bond motifs is 5. The number of aromatic nitrogens is 4. The van der Waals surface area contributed by atoms with E-state index in [1.807, 2.05) is 33.2 Å². The number of amides is 2. The van der Waals surface area contributed by atoms with Crippen molar-refractivity contribution in [3.8, 4) is 22.5 Å². The van der Waals surface area contributed by atoms with Gasteiger partial charge >= 0.3 is 12.2 Å². The number of hydrogen-bond acceptors (Lipinski definition) is 6. The first-order chi connectivity index (χ1) is 21.6. The van der Waals surface area contributed by atoms with E-state index in [1.54, 1.807) is 21.1 Å². The lowest BCUT2D eigenvalue weighted by molar-refractivity contribution is 0.0218. The summed E-state index contributed by atoms with van der Waals surface area (Å²) in [7, 11) is 0. The standard InChI is InChI=1S/C34H36N6O4S/c1-34(2,3)44-33(43)39-12-4-5-26(39)30-35-16-24(37-30)18-7-10-22-23-11-8-19(15-28(23)45-27(22)14-18)25-17-36-31(38-25)29-20-6-9-21(13-20)40(29)32(41)42/h7-8,10-11,14-17,20-21,26,29H,4-6,9,12-13H2,1-3H3,(H,35,37)(H,36,38)(H,41,42). The Labute approximate surface area is 264 Å². The van der Waals surface area contributed by atoms with Gasteiger partial charge in [0.05, 0.1) is 35.9 Å². The second-order valence-corrected chi connectivity index (χ2v) is 14.7. The van der Waals surface area contributed by atoms with E-state index in [4.69, 9.17) is 4.74 Å². The van der Waals surface area contributed by atoms with Crippen molar-refractivity contribution in [1.82, 2.24) is 29.7 Å². The fraction of sp³-hybridized carbons (Fsp3) is 0.412. The van der Waals surface area contributed by atoms with Gasteiger partial charge < -0.3 is 19.8 Å². The molecular formula is C34H36N6O4S. The summed E-state index contributed by atoms with van der Waals surface area (Å²) in [4.78, 5) is 44.5. The third-order valence-corrected chi connectivity index (χ3v) is 10.7. The normalized spacial score (nSPS) is 23.1. The first kappa shape index (κ1) is 28.1. The summed E-state index contributed by atoms with van der Waals surface area (Å²) in [5, 5.41) is 12.2. The molecule has 2 aliphatic heterocycles. The van der Waals surface area contributed by atoms with Crippen LogP contribution in [0.25, 0.3) is 42.7 Å². The zero-order valence-electron chi connectivity index (χ0n) is 25.5. The lowest BCUT2D eigenvalue weighted by Gasteiger charge is -2.31. The summed E-state index contributed by atoms with van der Waals surface area (Å²) in [6, 6.07) is 12.7. The van der Waals surface area contributed by atoms with Crippen molar-refractivity contribution in [2.75, 3.05) is 6.54 Å². The molecule has 1 aliphatic carbocycles. The summed E-state index contributed by atoms with van der Waals surface area (Å²) in [6.45, 7) is 6.31. The number of aromatic amines is 2. The van der Waals surface area contributed by atoms with Crippen molar-refractivity contribution in [3.05, 3.63) is 60.4 Å². The monoisotopic (exact) mass is 624 g/mol. The molecule has 11 heteroatoms. The van der Waals surface area contributed by atoms with E-state index in [0.29, 0.717) is 12.5 Å². The number of ether oxygens (including phenoxy) is 1. The van der Waals surface area contributed by atoms with Crippen molar-refractivity contribution in [2.45, 2.75) is 76.6 Å². The van der Waals surface area contributed by atoms with E-state index >= 15 is 0 Å². The zero-order valence-corrected chi connectivity index (χ0v) is 26.4. The number of likely N-dealkylation sites (tertiary alicyclic amines) is 2. The Bertz CT molecular complexity index is 1950. The first-order valence-electron chi connectivity index (χ1n) is 15.7. The highest BCUT2D eigenvalue weighted by Gasteiger charge is 2.50. The molecule has 1 saturated carbocycles. The van der Waals surface area contributed by atoms with Crippen LogP contribution in [0.4, 0.5) is 9.59 Å². The van der Waals surface area contributed by atoms with Crippen LogP contribution < -0.4 is 0 Å². The lowest BCUT2D eigenvalue weighted by atomic mass is 9.98. The lowest BCUT2D eigenvalue weighted by Crippen LogP contribution is -2.39. The van der Waals surface area contributed by atoms with Gasteiger partial charge in [0.15, 0.2) is 0 Å². The minimum absolute atomic E-state index is 0.105. The molecule has 5 aromatic rings. The Morgan fingerprint density at radius 1 is 0.933 bits per heavy atom. The van der Waals surface area contributed by atoms with Gasteiger partial charge in [-0.25, -0.2) is 19.6 Å². The Balaban J connectivity index is 1.05. The van der Waals surface area contributed by atoms with Gasteiger partial charge in [-0.2, -0.15) is 0 Å². The van der Waals surface area contributed by atoms with Crippen molar-refractivity contribution in [3.63, 3.8) is 0 Å². The maximum absolute atomic E-state index is 12.8. The predicted molar refractivity (Wildman–Crippen MR) is 173 cm³/mol. The second kappa shape index (κ2) is 10.3. The van der Waals surface area contributed by atoms with Gasteiger partial charge in [-0.15, -0.1) is 11.3 Å². The molecule has 0 radical (unpaired) electrons. The minimum Gasteiger partial charge on any atom is -0.465 e. The van der Waals surface area contributed by atoms with Crippen LogP contribution in [0.2, 0.25) is 0 Å². The minimum atomic E-state index is -0.858. The van der Waals surface area contributed by atoms with Gasteiger partial charge in [0.2, 0.25) is 0 Å². The van der Waals surface area contributed by atoms with Crippen LogP contribution in [0.1, 0.15) is 76.6 Å².